The highest BCUT2D eigenvalue weighted by atomic mass is 16.6. The number of nitrogens with zero attached hydrogens (tertiary/aromatic N) is 1. The van der Waals surface area contributed by atoms with Gasteiger partial charge >= 0.3 is 17.9 Å². The monoisotopic (exact) mass is 975 g/mol. The number of carboxylic acid groups (broad SMARTS) is 1. The first-order valence-corrected chi connectivity index (χ1v) is 29.9. The molecule has 8 nitrogen and oxygen atoms in total. The number of unbranched alkanes of at least 4 members (excludes halogenated alkanes) is 37. The van der Waals surface area contributed by atoms with Crippen LogP contribution >= 0.6 is 0 Å². The van der Waals surface area contributed by atoms with Crippen molar-refractivity contribution in [2.24, 2.45) is 0 Å². The Hall–Kier alpha value is -2.19. The van der Waals surface area contributed by atoms with Crippen molar-refractivity contribution < 1.29 is 38.2 Å². The van der Waals surface area contributed by atoms with Gasteiger partial charge in [0.05, 0.1) is 34.4 Å². The normalized spacial score (nSPS) is 12.9. The van der Waals surface area contributed by atoms with Gasteiger partial charge in [-0.15, -0.1) is 0 Å². The van der Waals surface area contributed by atoms with Crippen LogP contribution < -0.4 is 0 Å². The molecule has 0 saturated heterocycles. The third-order valence-electron chi connectivity index (χ3n) is 13.9. The number of likely N-dealkylation sites (N-methyl/N-ethyl adjacent to an activating group) is 1. The molecule has 0 aliphatic carbocycles. The Morgan fingerprint density at radius 1 is 0.435 bits per heavy atom. The number of ether oxygens (including phenoxy) is 3. The van der Waals surface area contributed by atoms with Crippen molar-refractivity contribution in [3.63, 3.8) is 0 Å². The Bertz CT molecular complexity index is 1180. The largest absolute Gasteiger partial charge is 0.477 e. The number of allylic oxidation sites excluding steroid dienone is 4. The second-order valence-electron chi connectivity index (χ2n) is 21.6. The number of rotatable bonds is 55. The summed E-state index contributed by atoms with van der Waals surface area (Å²) in [6.45, 7) is 4.79. The molecule has 0 aromatic rings. The third kappa shape index (κ3) is 50.5. The van der Waals surface area contributed by atoms with E-state index in [4.69, 9.17) is 14.2 Å². The van der Waals surface area contributed by atoms with Crippen molar-refractivity contribution >= 4 is 17.9 Å². The standard InChI is InChI=1S/C61H115NO7/c1-6-8-10-12-14-16-18-20-22-24-26-28-30-32-33-35-37-39-41-43-45-47-49-51-59(63)68-56-57(55-67-54-53-58(61(65)66)62(3,4)5)69-60(64)52-50-48-46-44-42-40-38-36-34-31-29-27-25-23-21-19-17-15-13-11-9-7-2/h25,27,31,34,57-58H,6-24,26,28-30,32-33,35-56H2,1-5H3/p+1/b27-25+,34-31+. The molecule has 0 heterocycles. The molecule has 1 N–H and O–H groups in total. The van der Waals surface area contributed by atoms with Crippen LogP contribution in [0, 0.1) is 0 Å². The lowest BCUT2D eigenvalue weighted by Crippen LogP contribution is -2.50. The second kappa shape index (κ2) is 52.1. The van der Waals surface area contributed by atoms with E-state index >= 15 is 0 Å². The minimum atomic E-state index is -0.871. The first-order chi connectivity index (χ1) is 33.6. The lowest BCUT2D eigenvalue weighted by molar-refractivity contribution is -0.887. The van der Waals surface area contributed by atoms with Gasteiger partial charge in [-0.1, -0.05) is 256 Å². The van der Waals surface area contributed by atoms with Gasteiger partial charge in [0, 0.05) is 19.3 Å². The van der Waals surface area contributed by atoms with E-state index in [2.05, 4.69) is 38.2 Å². The van der Waals surface area contributed by atoms with E-state index in [9.17, 15) is 19.5 Å². The predicted octanol–water partition coefficient (Wildman–Crippen LogP) is 17.9. The molecule has 8 heteroatoms. The van der Waals surface area contributed by atoms with Gasteiger partial charge < -0.3 is 23.8 Å². The highest BCUT2D eigenvalue weighted by Crippen LogP contribution is 2.17. The lowest BCUT2D eigenvalue weighted by Gasteiger charge is -2.31. The van der Waals surface area contributed by atoms with Gasteiger partial charge in [0.15, 0.2) is 12.1 Å². The summed E-state index contributed by atoms with van der Waals surface area (Å²) >= 11 is 0. The maximum atomic E-state index is 12.8. The fraction of sp³-hybridized carbons (Fsp3) is 0.885. The van der Waals surface area contributed by atoms with Crippen molar-refractivity contribution in [2.45, 2.75) is 309 Å². The van der Waals surface area contributed by atoms with Crippen LogP contribution in [0.1, 0.15) is 296 Å². The average Bonchev–Trinajstić information content (AvgIpc) is 3.31. The highest BCUT2D eigenvalue weighted by molar-refractivity contribution is 5.72. The number of aliphatic carboxylic acids is 1. The van der Waals surface area contributed by atoms with Gasteiger partial charge in [0.1, 0.15) is 6.61 Å². The van der Waals surface area contributed by atoms with Crippen LogP contribution in [0.15, 0.2) is 24.3 Å². The van der Waals surface area contributed by atoms with Gasteiger partial charge in [-0.25, -0.2) is 4.79 Å². The Morgan fingerprint density at radius 3 is 1.12 bits per heavy atom. The molecule has 0 spiro atoms. The molecule has 0 rings (SSSR count). The molecule has 2 unspecified atom stereocenters. The van der Waals surface area contributed by atoms with Crippen molar-refractivity contribution in [2.75, 3.05) is 41.0 Å². The number of carbonyl (C=O) groups is 3. The van der Waals surface area contributed by atoms with E-state index in [0.29, 0.717) is 19.3 Å². The Kier molecular flexibility index (Phi) is 50.5. The van der Waals surface area contributed by atoms with Crippen LogP contribution in [-0.2, 0) is 28.6 Å². The fourth-order valence-electron chi connectivity index (χ4n) is 9.24. The number of hydrogen-bond donors (Lipinski definition) is 1. The number of esters is 2. The zero-order valence-electron chi connectivity index (χ0n) is 46.5. The predicted molar refractivity (Wildman–Crippen MR) is 294 cm³/mol. The molecule has 406 valence electrons. The van der Waals surface area contributed by atoms with Crippen LogP contribution in [0.2, 0.25) is 0 Å². The van der Waals surface area contributed by atoms with Crippen molar-refractivity contribution in [1.82, 2.24) is 0 Å². The van der Waals surface area contributed by atoms with E-state index < -0.39 is 18.1 Å². The third-order valence-corrected chi connectivity index (χ3v) is 13.9. The molecular formula is C61H116NO7+. The SMILES string of the molecule is CCCCCCCCCC/C=C/C/C=C/CCCCCCCCCC(=O)OC(COCCC(C(=O)O)[N+](C)(C)C)COC(=O)CCCCCCCCCCCCCCCCCCCCCCCCC. The topological polar surface area (TPSA) is 99.1 Å². The van der Waals surface area contributed by atoms with Crippen LogP contribution in [0.4, 0.5) is 0 Å². The minimum absolute atomic E-state index is 0.0487. The zero-order valence-corrected chi connectivity index (χ0v) is 46.5. The maximum absolute atomic E-state index is 12.8. The van der Waals surface area contributed by atoms with Crippen LogP contribution in [0.5, 0.6) is 0 Å². The number of carbonyl (C=O) groups excluding carboxylic acids is 2. The average molecular weight is 976 g/mol. The Labute approximate surface area is 428 Å². The van der Waals surface area contributed by atoms with E-state index in [1.54, 1.807) is 0 Å². The summed E-state index contributed by atoms with van der Waals surface area (Å²) in [6.07, 6.45) is 62.5. The van der Waals surface area contributed by atoms with Gasteiger partial charge in [-0.05, 0) is 44.9 Å². The number of quaternary nitrogens is 1. The van der Waals surface area contributed by atoms with Crippen LogP contribution in [-0.4, -0.2) is 80.6 Å². The summed E-state index contributed by atoms with van der Waals surface area (Å²) in [6, 6.07) is -0.615. The number of carboxylic acids is 1. The summed E-state index contributed by atoms with van der Waals surface area (Å²) in [7, 11) is 5.55. The zero-order chi connectivity index (χ0) is 50.6. The molecule has 0 aliphatic rings. The second-order valence-corrected chi connectivity index (χ2v) is 21.6. The smallest absolute Gasteiger partial charge is 0.362 e. The highest BCUT2D eigenvalue weighted by Gasteiger charge is 2.31. The molecule has 0 amide bonds. The summed E-state index contributed by atoms with van der Waals surface area (Å²) in [5.74, 6) is -1.45. The molecule has 0 aromatic heterocycles. The van der Waals surface area contributed by atoms with E-state index in [1.807, 2.05) is 21.1 Å². The van der Waals surface area contributed by atoms with Crippen molar-refractivity contribution in [3.8, 4) is 0 Å². The summed E-state index contributed by atoms with van der Waals surface area (Å²) < 4.78 is 17.4. The quantitative estimate of drug-likeness (QED) is 0.0280. The van der Waals surface area contributed by atoms with Crippen LogP contribution in [0.3, 0.4) is 0 Å². The van der Waals surface area contributed by atoms with E-state index in [0.717, 1.165) is 51.4 Å². The maximum Gasteiger partial charge on any atom is 0.362 e. The van der Waals surface area contributed by atoms with Crippen molar-refractivity contribution in [1.29, 1.82) is 0 Å². The molecule has 0 aromatic carbocycles. The summed E-state index contributed by atoms with van der Waals surface area (Å²) in [5.41, 5.74) is 0. The van der Waals surface area contributed by atoms with Crippen LogP contribution in [0.25, 0.3) is 0 Å². The summed E-state index contributed by atoms with van der Waals surface area (Å²) in [4.78, 5) is 37.3. The molecule has 0 bridgehead atoms. The number of hydrogen-bond acceptors (Lipinski definition) is 6. The van der Waals surface area contributed by atoms with Gasteiger partial charge in [0.25, 0.3) is 0 Å². The molecule has 0 saturated carbocycles. The molecular weight excluding hydrogens is 859 g/mol. The van der Waals surface area contributed by atoms with E-state index in [1.165, 1.54) is 212 Å². The van der Waals surface area contributed by atoms with Gasteiger partial charge in [-0.3, -0.25) is 9.59 Å². The summed E-state index contributed by atoms with van der Waals surface area (Å²) in [5, 5.41) is 9.68. The van der Waals surface area contributed by atoms with Crippen molar-refractivity contribution in [3.05, 3.63) is 24.3 Å². The molecule has 0 fully saturated rings. The first kappa shape index (κ1) is 66.8. The molecule has 0 radical (unpaired) electrons. The fourth-order valence-corrected chi connectivity index (χ4v) is 9.24. The Morgan fingerprint density at radius 2 is 0.768 bits per heavy atom. The van der Waals surface area contributed by atoms with E-state index in [-0.39, 0.29) is 36.2 Å². The molecule has 2 atom stereocenters. The first-order valence-electron chi connectivity index (χ1n) is 29.9. The van der Waals surface area contributed by atoms with Gasteiger partial charge in [-0.2, -0.15) is 0 Å². The Balaban J connectivity index is 4.13. The van der Waals surface area contributed by atoms with Gasteiger partial charge in [0.2, 0.25) is 0 Å². The lowest BCUT2D eigenvalue weighted by atomic mass is 10.0. The minimum Gasteiger partial charge on any atom is -0.477 e. The molecule has 69 heavy (non-hydrogen) atoms. The molecule has 0 aliphatic heterocycles.